The van der Waals surface area contributed by atoms with E-state index in [-0.39, 0.29) is 0 Å². The number of rotatable bonds is 5. The molecule has 0 radical (unpaired) electrons. The molecule has 0 aliphatic carbocycles. The Balaban J connectivity index is 2.07. The zero-order chi connectivity index (χ0) is 17.5. The van der Waals surface area contributed by atoms with E-state index < -0.39 is 12.0 Å². The second-order valence-corrected chi connectivity index (χ2v) is 4.71. The lowest BCUT2D eigenvalue weighted by Gasteiger charge is -2.12. The Labute approximate surface area is 139 Å². The standard InChI is InChI=1S/C17H18N2O5/c1-22-13-8-9-15(23-2)14(10-13)19-17(21)18-12-6-4-11(5-7-12)16(20)24-3/h4-10H,1-3H3,(H2,18,19,21). The van der Waals surface area contributed by atoms with Crippen molar-refractivity contribution in [3.8, 4) is 11.5 Å². The summed E-state index contributed by atoms with van der Waals surface area (Å²) < 4.78 is 14.9. The molecule has 0 fully saturated rings. The van der Waals surface area contributed by atoms with Crippen molar-refractivity contribution < 1.29 is 23.8 Å². The van der Waals surface area contributed by atoms with Gasteiger partial charge in [-0.1, -0.05) is 0 Å². The van der Waals surface area contributed by atoms with Crippen LogP contribution in [0.2, 0.25) is 0 Å². The predicted molar refractivity (Wildman–Crippen MR) is 90.0 cm³/mol. The number of carbonyl (C=O) groups is 2. The van der Waals surface area contributed by atoms with Crippen LogP contribution in [0.15, 0.2) is 42.5 Å². The molecule has 0 spiro atoms. The topological polar surface area (TPSA) is 85.9 Å². The number of nitrogens with one attached hydrogen (secondary N) is 2. The van der Waals surface area contributed by atoms with Gasteiger partial charge in [-0.15, -0.1) is 0 Å². The molecule has 126 valence electrons. The Morgan fingerprint density at radius 2 is 1.58 bits per heavy atom. The van der Waals surface area contributed by atoms with E-state index in [1.807, 2.05) is 0 Å². The van der Waals surface area contributed by atoms with Crippen LogP contribution >= 0.6 is 0 Å². The van der Waals surface area contributed by atoms with Crippen molar-refractivity contribution in [2.75, 3.05) is 32.0 Å². The van der Waals surface area contributed by atoms with Gasteiger partial charge in [0, 0.05) is 11.8 Å². The lowest BCUT2D eigenvalue weighted by atomic mass is 10.2. The highest BCUT2D eigenvalue weighted by Crippen LogP contribution is 2.29. The monoisotopic (exact) mass is 330 g/mol. The summed E-state index contributed by atoms with van der Waals surface area (Å²) in [6, 6.07) is 11.0. The zero-order valence-electron chi connectivity index (χ0n) is 13.6. The Morgan fingerprint density at radius 1 is 0.875 bits per heavy atom. The third-order valence-electron chi connectivity index (χ3n) is 3.22. The summed E-state index contributed by atoms with van der Waals surface area (Å²) in [6.45, 7) is 0. The minimum atomic E-state index is -0.452. The van der Waals surface area contributed by atoms with E-state index in [0.29, 0.717) is 28.4 Å². The summed E-state index contributed by atoms with van der Waals surface area (Å²) in [5, 5.41) is 5.35. The Bertz CT molecular complexity index is 728. The summed E-state index contributed by atoms with van der Waals surface area (Å²) >= 11 is 0. The van der Waals surface area contributed by atoms with Crippen molar-refractivity contribution in [3.63, 3.8) is 0 Å². The number of carbonyl (C=O) groups excluding carboxylic acids is 2. The average molecular weight is 330 g/mol. The highest BCUT2D eigenvalue weighted by molar-refractivity contribution is 6.01. The van der Waals surface area contributed by atoms with Crippen LogP contribution in [0, 0.1) is 0 Å². The van der Waals surface area contributed by atoms with E-state index in [0.717, 1.165) is 0 Å². The van der Waals surface area contributed by atoms with Gasteiger partial charge < -0.3 is 24.8 Å². The predicted octanol–water partition coefficient (Wildman–Crippen LogP) is 3.13. The van der Waals surface area contributed by atoms with Gasteiger partial charge in [0.05, 0.1) is 32.6 Å². The Hall–Kier alpha value is -3.22. The van der Waals surface area contributed by atoms with Gasteiger partial charge in [0.15, 0.2) is 0 Å². The summed E-state index contributed by atoms with van der Waals surface area (Å²) in [4.78, 5) is 23.5. The zero-order valence-corrected chi connectivity index (χ0v) is 13.6. The van der Waals surface area contributed by atoms with Crippen LogP contribution in [0.3, 0.4) is 0 Å². The first kappa shape index (κ1) is 17.1. The first-order chi connectivity index (χ1) is 11.6. The molecule has 0 saturated carbocycles. The molecule has 0 unspecified atom stereocenters. The van der Waals surface area contributed by atoms with Gasteiger partial charge in [-0.05, 0) is 36.4 Å². The largest absolute Gasteiger partial charge is 0.497 e. The fourth-order valence-electron chi connectivity index (χ4n) is 2.00. The first-order valence-electron chi connectivity index (χ1n) is 7.05. The molecule has 7 nitrogen and oxygen atoms in total. The van der Waals surface area contributed by atoms with E-state index in [1.54, 1.807) is 42.5 Å². The Morgan fingerprint density at radius 3 is 2.17 bits per heavy atom. The number of hydrogen-bond donors (Lipinski definition) is 2. The summed E-state index contributed by atoms with van der Waals surface area (Å²) in [6.07, 6.45) is 0. The lowest BCUT2D eigenvalue weighted by molar-refractivity contribution is 0.0600. The fourth-order valence-corrected chi connectivity index (χ4v) is 2.00. The average Bonchev–Trinajstić information content (AvgIpc) is 2.61. The van der Waals surface area contributed by atoms with Gasteiger partial charge in [-0.25, -0.2) is 9.59 Å². The lowest BCUT2D eigenvalue weighted by Crippen LogP contribution is -2.20. The van der Waals surface area contributed by atoms with Crippen LogP contribution < -0.4 is 20.1 Å². The van der Waals surface area contributed by atoms with Gasteiger partial charge in [0.1, 0.15) is 11.5 Å². The van der Waals surface area contributed by atoms with Gasteiger partial charge >= 0.3 is 12.0 Å². The van der Waals surface area contributed by atoms with Crippen molar-refractivity contribution >= 4 is 23.4 Å². The molecule has 0 atom stereocenters. The van der Waals surface area contributed by atoms with E-state index in [4.69, 9.17) is 9.47 Å². The highest BCUT2D eigenvalue weighted by atomic mass is 16.5. The highest BCUT2D eigenvalue weighted by Gasteiger charge is 2.10. The second-order valence-electron chi connectivity index (χ2n) is 4.71. The van der Waals surface area contributed by atoms with E-state index in [1.165, 1.54) is 21.3 Å². The molecule has 2 aromatic carbocycles. The maximum atomic E-state index is 12.1. The van der Waals surface area contributed by atoms with Gasteiger partial charge in [0.25, 0.3) is 0 Å². The molecule has 7 heteroatoms. The van der Waals surface area contributed by atoms with E-state index in [9.17, 15) is 9.59 Å². The number of hydrogen-bond acceptors (Lipinski definition) is 5. The molecular weight excluding hydrogens is 312 g/mol. The number of urea groups is 1. The molecule has 0 aliphatic rings. The summed E-state index contributed by atoms with van der Waals surface area (Å²) in [5.41, 5.74) is 1.40. The molecule has 0 bridgehead atoms. The molecule has 24 heavy (non-hydrogen) atoms. The van der Waals surface area contributed by atoms with Crippen LogP contribution in [-0.4, -0.2) is 33.3 Å². The molecule has 2 amide bonds. The number of benzene rings is 2. The summed E-state index contributed by atoms with van der Waals surface area (Å²) in [5.74, 6) is 0.660. The molecule has 2 N–H and O–H groups in total. The molecule has 0 heterocycles. The maximum Gasteiger partial charge on any atom is 0.337 e. The van der Waals surface area contributed by atoms with Crippen molar-refractivity contribution in [1.29, 1.82) is 0 Å². The summed E-state index contributed by atoms with van der Waals surface area (Å²) in [7, 11) is 4.36. The molecule has 2 rings (SSSR count). The van der Waals surface area contributed by atoms with Gasteiger partial charge in [-0.3, -0.25) is 0 Å². The van der Waals surface area contributed by atoms with Crippen molar-refractivity contribution in [1.82, 2.24) is 0 Å². The van der Waals surface area contributed by atoms with Crippen LogP contribution in [0.25, 0.3) is 0 Å². The molecular formula is C17H18N2O5. The van der Waals surface area contributed by atoms with E-state index in [2.05, 4.69) is 15.4 Å². The smallest absolute Gasteiger partial charge is 0.337 e. The molecule has 0 aromatic heterocycles. The number of anilines is 2. The number of esters is 1. The molecule has 2 aromatic rings. The number of methoxy groups -OCH3 is 3. The van der Waals surface area contributed by atoms with Crippen LogP contribution in [-0.2, 0) is 4.74 Å². The van der Waals surface area contributed by atoms with Crippen LogP contribution in [0.4, 0.5) is 16.2 Å². The van der Waals surface area contributed by atoms with Crippen molar-refractivity contribution in [3.05, 3.63) is 48.0 Å². The Kier molecular flexibility index (Phi) is 5.62. The SMILES string of the molecule is COC(=O)c1ccc(NC(=O)Nc2cc(OC)ccc2OC)cc1. The normalized spacial score (nSPS) is 9.79. The third kappa shape index (κ3) is 4.16. The molecule has 0 aliphatic heterocycles. The minimum Gasteiger partial charge on any atom is -0.497 e. The fraction of sp³-hybridized carbons (Fsp3) is 0.176. The quantitative estimate of drug-likeness (QED) is 0.823. The molecule has 0 saturated heterocycles. The third-order valence-corrected chi connectivity index (χ3v) is 3.22. The van der Waals surface area contributed by atoms with Crippen LogP contribution in [0.1, 0.15) is 10.4 Å². The maximum absolute atomic E-state index is 12.1. The van der Waals surface area contributed by atoms with E-state index >= 15 is 0 Å². The van der Waals surface area contributed by atoms with Gasteiger partial charge in [0.2, 0.25) is 0 Å². The van der Waals surface area contributed by atoms with Crippen molar-refractivity contribution in [2.24, 2.45) is 0 Å². The number of ether oxygens (including phenoxy) is 3. The first-order valence-corrected chi connectivity index (χ1v) is 7.05. The van der Waals surface area contributed by atoms with Crippen molar-refractivity contribution in [2.45, 2.75) is 0 Å². The van der Waals surface area contributed by atoms with Crippen LogP contribution in [0.5, 0.6) is 11.5 Å². The second kappa shape index (κ2) is 7.87. The van der Waals surface area contributed by atoms with Gasteiger partial charge in [-0.2, -0.15) is 0 Å². The number of amides is 2. The minimum absolute atomic E-state index is 0.401.